The highest BCUT2D eigenvalue weighted by molar-refractivity contribution is 8.76. The zero-order chi connectivity index (χ0) is 36.4. The quantitative estimate of drug-likeness (QED) is 0.0913. The third-order valence-corrected chi connectivity index (χ3v) is 13.8. The molecule has 0 radical (unpaired) electrons. The fourth-order valence-corrected chi connectivity index (χ4v) is 10.6. The molecule has 2 aliphatic heterocycles. The lowest BCUT2D eigenvalue weighted by atomic mass is 9.72. The summed E-state index contributed by atoms with van der Waals surface area (Å²) >= 11 is 0. The summed E-state index contributed by atoms with van der Waals surface area (Å²) in [6.07, 6.45) is 14.7. The standard InChI is InChI=1S/C41H52N4O6S2/c1-42-39-38(32-18-10-11-19-34(32)44-39)33(28-12-4-2-5-13-28)26-50-40(46)48-20-22-52-53-23-21-49-41(47)51-37(29-14-6-3-7-15-29)24-35-30-16-8-9-17-31(30)36-25-43-27-45(35)36/h8-11,16-19,25,27-29,33,35,37-38H,2-7,12-15,20-24,26H2,1H3,(H,42,44). The van der Waals surface area contributed by atoms with Crippen molar-refractivity contribution in [2.75, 3.05) is 43.7 Å². The number of nitrogens with one attached hydrogen (secondary N) is 1. The topological polar surface area (TPSA) is 113 Å². The van der Waals surface area contributed by atoms with Gasteiger partial charge in [0.1, 0.15) is 25.2 Å². The smallest absolute Gasteiger partial charge is 0.434 e. The first-order valence-corrected chi connectivity index (χ1v) is 21.9. The second-order valence-corrected chi connectivity index (χ2v) is 17.3. The molecule has 4 unspecified atom stereocenters. The van der Waals surface area contributed by atoms with Gasteiger partial charge in [-0.05, 0) is 41.9 Å². The number of aromatic nitrogens is 2. The Morgan fingerprint density at radius 2 is 1.51 bits per heavy atom. The summed E-state index contributed by atoms with van der Waals surface area (Å²) < 4.78 is 25.1. The van der Waals surface area contributed by atoms with E-state index in [1.165, 1.54) is 42.4 Å². The molecular formula is C41H52N4O6S2. The van der Waals surface area contributed by atoms with Crippen molar-refractivity contribution in [1.82, 2.24) is 9.55 Å². The van der Waals surface area contributed by atoms with Gasteiger partial charge in [0.05, 0.1) is 36.8 Å². The lowest BCUT2D eigenvalue weighted by molar-refractivity contribution is -0.00961. The van der Waals surface area contributed by atoms with E-state index >= 15 is 0 Å². The summed E-state index contributed by atoms with van der Waals surface area (Å²) in [6, 6.07) is 16.9. The maximum absolute atomic E-state index is 13.0. The van der Waals surface area contributed by atoms with Crippen LogP contribution in [-0.4, -0.2) is 72.2 Å². The van der Waals surface area contributed by atoms with Gasteiger partial charge in [0.15, 0.2) is 0 Å². The third-order valence-electron chi connectivity index (χ3n) is 11.5. The fraction of sp³-hybridized carbons (Fsp3) is 0.561. The molecule has 1 aromatic heterocycles. The number of fused-ring (bicyclic) bond motifs is 4. The van der Waals surface area contributed by atoms with Crippen LogP contribution in [0.1, 0.15) is 93.7 Å². The Morgan fingerprint density at radius 3 is 2.25 bits per heavy atom. The van der Waals surface area contributed by atoms with Gasteiger partial charge in [-0.2, -0.15) is 0 Å². The van der Waals surface area contributed by atoms with Gasteiger partial charge in [0.25, 0.3) is 0 Å². The molecule has 1 N–H and O–H groups in total. The van der Waals surface area contributed by atoms with Crippen molar-refractivity contribution in [3.05, 3.63) is 72.2 Å². The van der Waals surface area contributed by atoms with Crippen LogP contribution in [0.25, 0.3) is 11.3 Å². The van der Waals surface area contributed by atoms with Crippen LogP contribution in [-0.2, 0) is 18.9 Å². The normalized spacial score (nSPS) is 21.6. The molecule has 3 aromatic rings. The predicted octanol–water partition coefficient (Wildman–Crippen LogP) is 9.91. The highest BCUT2D eigenvalue weighted by atomic mass is 33.1. The van der Waals surface area contributed by atoms with Gasteiger partial charge in [-0.1, -0.05) is 115 Å². The summed E-state index contributed by atoms with van der Waals surface area (Å²) in [5.74, 6) is 3.15. The average Bonchev–Trinajstić information content (AvgIpc) is 3.90. The number of benzene rings is 2. The second-order valence-electron chi connectivity index (χ2n) is 14.6. The van der Waals surface area contributed by atoms with E-state index in [4.69, 9.17) is 18.9 Å². The van der Waals surface area contributed by atoms with Crippen LogP contribution < -0.4 is 5.32 Å². The van der Waals surface area contributed by atoms with Crippen LogP contribution in [0.5, 0.6) is 0 Å². The predicted molar refractivity (Wildman–Crippen MR) is 212 cm³/mol. The average molecular weight is 761 g/mol. The maximum Gasteiger partial charge on any atom is 0.508 e. The van der Waals surface area contributed by atoms with Crippen LogP contribution in [0.2, 0.25) is 0 Å². The molecule has 4 aliphatic rings. The Morgan fingerprint density at radius 1 is 0.849 bits per heavy atom. The number of imidazole rings is 1. The molecule has 2 fully saturated rings. The summed E-state index contributed by atoms with van der Waals surface area (Å²) in [7, 11) is 4.97. The van der Waals surface area contributed by atoms with Crippen molar-refractivity contribution in [2.24, 2.45) is 22.7 Å². The highest BCUT2D eigenvalue weighted by Crippen LogP contribution is 2.45. The monoisotopic (exact) mass is 760 g/mol. The molecule has 0 bridgehead atoms. The number of para-hydroxylation sites is 1. The van der Waals surface area contributed by atoms with Crippen LogP contribution in [0, 0.1) is 17.8 Å². The Hall–Kier alpha value is -3.64. The molecule has 284 valence electrons. The number of amidine groups is 1. The summed E-state index contributed by atoms with van der Waals surface area (Å²) in [4.78, 5) is 34.6. The molecule has 2 saturated carbocycles. The van der Waals surface area contributed by atoms with E-state index < -0.39 is 12.3 Å². The second kappa shape index (κ2) is 18.6. The largest absolute Gasteiger partial charge is 0.508 e. The molecule has 12 heteroatoms. The van der Waals surface area contributed by atoms with E-state index in [0.29, 0.717) is 36.4 Å². The first-order chi connectivity index (χ1) is 26.1. The Balaban J connectivity index is 0.817. The van der Waals surface area contributed by atoms with Gasteiger partial charge in [-0.3, -0.25) is 4.99 Å². The van der Waals surface area contributed by atoms with Gasteiger partial charge < -0.3 is 28.8 Å². The molecule has 0 spiro atoms. The summed E-state index contributed by atoms with van der Waals surface area (Å²) in [5, 5.41) is 3.49. The van der Waals surface area contributed by atoms with Crippen molar-refractivity contribution in [3.8, 4) is 11.3 Å². The van der Waals surface area contributed by atoms with E-state index in [0.717, 1.165) is 55.7 Å². The van der Waals surface area contributed by atoms with E-state index in [1.54, 1.807) is 21.6 Å². The zero-order valence-electron chi connectivity index (χ0n) is 30.7. The minimum atomic E-state index is -0.630. The van der Waals surface area contributed by atoms with Gasteiger partial charge in [-0.25, -0.2) is 14.6 Å². The number of hydrogen-bond donors (Lipinski definition) is 1. The lowest BCUT2D eigenvalue weighted by Crippen LogP contribution is -2.33. The first kappa shape index (κ1) is 37.7. The molecule has 2 aliphatic carbocycles. The number of carbonyl (C=O) groups excluding carboxylic acids is 2. The minimum absolute atomic E-state index is 0.0760. The van der Waals surface area contributed by atoms with Crippen LogP contribution in [0.3, 0.4) is 0 Å². The zero-order valence-corrected chi connectivity index (χ0v) is 32.3. The van der Waals surface area contributed by atoms with Gasteiger partial charge >= 0.3 is 12.3 Å². The molecule has 10 nitrogen and oxygen atoms in total. The number of anilines is 1. The number of ether oxygens (including phenoxy) is 4. The lowest BCUT2D eigenvalue weighted by Gasteiger charge is -2.34. The van der Waals surface area contributed by atoms with E-state index in [2.05, 4.69) is 62.3 Å². The Kier molecular flexibility index (Phi) is 13.2. The number of nitrogens with zero attached hydrogens (tertiary/aromatic N) is 3. The summed E-state index contributed by atoms with van der Waals surface area (Å²) in [5.41, 5.74) is 5.87. The molecule has 53 heavy (non-hydrogen) atoms. The first-order valence-electron chi connectivity index (χ1n) is 19.4. The van der Waals surface area contributed by atoms with Crippen molar-refractivity contribution in [1.29, 1.82) is 0 Å². The van der Waals surface area contributed by atoms with Gasteiger partial charge in [0, 0.05) is 42.1 Å². The van der Waals surface area contributed by atoms with E-state index in [9.17, 15) is 9.59 Å². The maximum atomic E-state index is 13.0. The minimum Gasteiger partial charge on any atom is -0.434 e. The molecule has 0 amide bonds. The number of carbonyl (C=O) groups is 2. The Bertz CT molecular complexity index is 1700. The van der Waals surface area contributed by atoms with E-state index in [1.807, 2.05) is 25.6 Å². The SMILES string of the molecule is CN=C1Nc2ccccc2C1C(COC(=O)OCCSSCCOC(=O)OC(CC1c2ccccc2-c2cncn21)C1CCCCC1)C1CCCCC1. The van der Waals surface area contributed by atoms with Crippen molar-refractivity contribution >= 4 is 45.4 Å². The third kappa shape index (κ3) is 9.19. The molecule has 7 rings (SSSR count). The van der Waals surface area contributed by atoms with Gasteiger partial charge in [0.2, 0.25) is 0 Å². The summed E-state index contributed by atoms with van der Waals surface area (Å²) in [6.45, 7) is 0.799. The molecule has 0 saturated heterocycles. The number of hydrogen-bond acceptors (Lipinski definition) is 10. The van der Waals surface area contributed by atoms with Crippen LogP contribution in [0.4, 0.5) is 15.3 Å². The van der Waals surface area contributed by atoms with E-state index in [-0.39, 0.29) is 37.2 Å². The van der Waals surface area contributed by atoms with Crippen molar-refractivity contribution < 1.29 is 28.5 Å². The molecular weight excluding hydrogens is 709 g/mol. The van der Waals surface area contributed by atoms with Crippen molar-refractivity contribution in [2.45, 2.75) is 88.7 Å². The van der Waals surface area contributed by atoms with Crippen LogP contribution in [0.15, 0.2) is 66.0 Å². The molecule has 3 heterocycles. The fourth-order valence-electron chi connectivity index (χ4n) is 8.98. The molecule has 4 atom stereocenters. The number of rotatable bonds is 15. The highest BCUT2D eigenvalue weighted by Gasteiger charge is 2.40. The van der Waals surface area contributed by atoms with Crippen molar-refractivity contribution in [3.63, 3.8) is 0 Å². The number of aliphatic imine (C=N–C) groups is 1. The Labute approximate surface area is 321 Å². The van der Waals surface area contributed by atoms with Gasteiger partial charge in [-0.15, -0.1) is 0 Å². The van der Waals surface area contributed by atoms with Crippen LogP contribution >= 0.6 is 21.6 Å². The molecule has 2 aromatic carbocycles.